The van der Waals surface area contributed by atoms with Gasteiger partial charge in [-0.25, -0.2) is 4.79 Å². The SMILES string of the molecule is CC(C)C[C@@H](NC(=O)OC(C)(C)C)c1nnc(SCC(=O)Nc2ccc(Br)cc2)o1. The van der Waals surface area contributed by atoms with Gasteiger partial charge in [0.1, 0.15) is 11.6 Å². The van der Waals surface area contributed by atoms with Crippen LogP contribution < -0.4 is 10.6 Å². The van der Waals surface area contributed by atoms with E-state index in [1.54, 1.807) is 32.9 Å². The monoisotopic (exact) mass is 498 g/mol. The molecule has 1 heterocycles. The van der Waals surface area contributed by atoms with Crippen LogP contribution in [0.1, 0.15) is 53.0 Å². The fourth-order valence-electron chi connectivity index (χ4n) is 2.42. The van der Waals surface area contributed by atoms with Crippen molar-refractivity contribution in [3.8, 4) is 0 Å². The molecule has 0 fully saturated rings. The van der Waals surface area contributed by atoms with Crippen LogP contribution in [0.3, 0.4) is 0 Å². The van der Waals surface area contributed by atoms with Crippen LogP contribution in [0.25, 0.3) is 0 Å². The van der Waals surface area contributed by atoms with Crippen LogP contribution >= 0.6 is 27.7 Å². The summed E-state index contributed by atoms with van der Waals surface area (Å²) in [5, 5.41) is 13.9. The Bertz CT molecular complexity index is 849. The van der Waals surface area contributed by atoms with E-state index in [1.165, 1.54) is 0 Å². The zero-order valence-corrected chi connectivity index (χ0v) is 20.1. The maximum Gasteiger partial charge on any atom is 0.408 e. The Labute approximate surface area is 189 Å². The molecular formula is C20H27BrN4O4S. The van der Waals surface area contributed by atoms with Gasteiger partial charge in [-0.15, -0.1) is 10.2 Å². The van der Waals surface area contributed by atoms with Crippen molar-refractivity contribution in [2.75, 3.05) is 11.1 Å². The molecule has 0 saturated carbocycles. The van der Waals surface area contributed by atoms with Gasteiger partial charge in [-0.1, -0.05) is 41.5 Å². The summed E-state index contributed by atoms with van der Waals surface area (Å²) < 4.78 is 11.9. The quantitative estimate of drug-likeness (QED) is 0.483. The first-order valence-electron chi connectivity index (χ1n) is 9.53. The largest absolute Gasteiger partial charge is 0.444 e. The fourth-order valence-corrected chi connectivity index (χ4v) is 3.25. The van der Waals surface area contributed by atoms with Crippen molar-refractivity contribution in [3.63, 3.8) is 0 Å². The average Bonchev–Trinajstić information content (AvgIpc) is 3.08. The van der Waals surface area contributed by atoms with Crippen molar-refractivity contribution in [3.05, 3.63) is 34.6 Å². The number of hydrogen-bond donors (Lipinski definition) is 2. The average molecular weight is 499 g/mol. The number of carbonyl (C=O) groups excluding carboxylic acids is 2. The molecule has 1 aromatic carbocycles. The first kappa shape index (κ1) is 24.2. The number of nitrogens with one attached hydrogen (secondary N) is 2. The Kier molecular flexibility index (Phi) is 8.72. The lowest BCUT2D eigenvalue weighted by atomic mass is 10.0. The smallest absolute Gasteiger partial charge is 0.408 e. The topological polar surface area (TPSA) is 106 Å². The van der Waals surface area contributed by atoms with Gasteiger partial charge in [0.25, 0.3) is 5.22 Å². The van der Waals surface area contributed by atoms with Crippen LogP contribution in [-0.2, 0) is 9.53 Å². The van der Waals surface area contributed by atoms with Crippen LogP contribution in [0.15, 0.2) is 38.4 Å². The highest BCUT2D eigenvalue weighted by molar-refractivity contribution is 9.10. The summed E-state index contributed by atoms with van der Waals surface area (Å²) in [6.45, 7) is 9.45. The number of rotatable bonds is 8. The number of hydrogen-bond acceptors (Lipinski definition) is 7. The lowest BCUT2D eigenvalue weighted by molar-refractivity contribution is -0.113. The molecule has 2 amide bonds. The van der Waals surface area contributed by atoms with Crippen molar-refractivity contribution in [1.82, 2.24) is 15.5 Å². The van der Waals surface area contributed by atoms with Gasteiger partial charge < -0.3 is 19.8 Å². The van der Waals surface area contributed by atoms with Crippen LogP contribution in [0.2, 0.25) is 0 Å². The number of ether oxygens (including phenoxy) is 1. The van der Waals surface area contributed by atoms with Gasteiger partial charge in [-0.2, -0.15) is 0 Å². The summed E-state index contributed by atoms with van der Waals surface area (Å²) in [5.74, 6) is 0.495. The lowest BCUT2D eigenvalue weighted by Crippen LogP contribution is -2.35. The van der Waals surface area contributed by atoms with Gasteiger partial charge in [-0.05, 0) is 57.4 Å². The lowest BCUT2D eigenvalue weighted by Gasteiger charge is -2.22. The second-order valence-corrected chi connectivity index (χ2v) is 9.92. The summed E-state index contributed by atoms with van der Waals surface area (Å²) in [6, 6.07) is 6.82. The highest BCUT2D eigenvalue weighted by Gasteiger charge is 2.25. The first-order valence-corrected chi connectivity index (χ1v) is 11.3. The molecule has 30 heavy (non-hydrogen) atoms. The number of carbonyl (C=O) groups is 2. The van der Waals surface area contributed by atoms with Crippen LogP contribution in [0, 0.1) is 5.92 Å². The highest BCUT2D eigenvalue weighted by Crippen LogP contribution is 2.25. The summed E-state index contributed by atoms with van der Waals surface area (Å²) in [4.78, 5) is 24.3. The van der Waals surface area contributed by atoms with Gasteiger partial charge >= 0.3 is 6.09 Å². The Balaban J connectivity index is 1.94. The van der Waals surface area contributed by atoms with Crippen molar-refractivity contribution in [2.45, 2.75) is 57.9 Å². The third kappa shape index (κ3) is 8.74. The molecule has 0 unspecified atom stereocenters. The minimum atomic E-state index is -0.607. The van der Waals surface area contributed by atoms with E-state index in [-0.39, 0.29) is 28.7 Å². The first-order chi connectivity index (χ1) is 14.0. The Morgan fingerprint density at radius 2 is 1.87 bits per heavy atom. The number of anilines is 1. The van der Waals surface area contributed by atoms with Crippen molar-refractivity contribution >= 4 is 45.4 Å². The molecule has 0 bridgehead atoms. The molecule has 2 N–H and O–H groups in total. The van der Waals surface area contributed by atoms with E-state index in [9.17, 15) is 9.59 Å². The van der Waals surface area contributed by atoms with E-state index in [2.05, 4.69) is 36.8 Å². The fraction of sp³-hybridized carbons (Fsp3) is 0.500. The maximum atomic E-state index is 12.2. The van der Waals surface area contributed by atoms with Crippen molar-refractivity contribution < 1.29 is 18.7 Å². The van der Waals surface area contributed by atoms with Crippen LogP contribution in [0.5, 0.6) is 0 Å². The Morgan fingerprint density at radius 1 is 1.20 bits per heavy atom. The normalized spacial score (nSPS) is 12.5. The van der Waals surface area contributed by atoms with Crippen molar-refractivity contribution in [2.24, 2.45) is 5.92 Å². The van der Waals surface area contributed by atoms with E-state index >= 15 is 0 Å². The highest BCUT2D eigenvalue weighted by atomic mass is 79.9. The van der Waals surface area contributed by atoms with Gasteiger partial charge in [0.05, 0.1) is 5.75 Å². The van der Waals surface area contributed by atoms with E-state index in [1.807, 2.05) is 26.0 Å². The van der Waals surface area contributed by atoms with E-state index in [0.29, 0.717) is 12.1 Å². The molecule has 1 aromatic heterocycles. The molecule has 2 aromatic rings. The predicted molar refractivity (Wildman–Crippen MR) is 119 cm³/mol. The summed E-state index contributed by atoms with van der Waals surface area (Å²) >= 11 is 4.48. The molecule has 0 spiro atoms. The zero-order valence-electron chi connectivity index (χ0n) is 17.7. The van der Waals surface area contributed by atoms with E-state index in [4.69, 9.17) is 9.15 Å². The van der Waals surface area contributed by atoms with E-state index < -0.39 is 17.7 Å². The third-order valence-electron chi connectivity index (χ3n) is 3.57. The molecule has 2 rings (SSSR count). The molecule has 8 nitrogen and oxygen atoms in total. The maximum absolute atomic E-state index is 12.2. The number of thioether (sulfide) groups is 1. The molecule has 0 saturated heterocycles. The third-order valence-corrected chi connectivity index (χ3v) is 4.92. The molecule has 10 heteroatoms. The predicted octanol–water partition coefficient (Wildman–Crippen LogP) is 5.17. The molecule has 164 valence electrons. The number of aromatic nitrogens is 2. The number of alkyl carbamates (subject to hydrolysis) is 1. The van der Waals surface area contributed by atoms with Crippen LogP contribution in [-0.4, -0.2) is 33.6 Å². The Hall–Kier alpha value is -2.07. The minimum absolute atomic E-state index is 0.117. The van der Waals surface area contributed by atoms with Gasteiger partial charge in [0.2, 0.25) is 11.8 Å². The van der Waals surface area contributed by atoms with Crippen LogP contribution in [0.4, 0.5) is 10.5 Å². The molecule has 0 aliphatic heterocycles. The molecule has 0 aliphatic rings. The molecule has 0 radical (unpaired) electrons. The molecule has 0 aliphatic carbocycles. The Morgan fingerprint density at radius 3 is 2.47 bits per heavy atom. The molecule has 1 atom stereocenters. The number of benzene rings is 1. The number of amides is 2. The standard InChI is InChI=1S/C20H27BrN4O4S/c1-12(2)10-15(23-18(27)29-20(3,4)5)17-24-25-19(28-17)30-11-16(26)22-14-8-6-13(21)7-9-14/h6-9,12,15H,10-11H2,1-5H3,(H,22,26)(H,23,27)/t15-/m1/s1. The zero-order chi connectivity index (χ0) is 22.3. The summed E-state index contributed by atoms with van der Waals surface area (Å²) in [7, 11) is 0. The van der Waals surface area contributed by atoms with Gasteiger partial charge in [0, 0.05) is 10.2 Å². The second kappa shape index (κ2) is 10.8. The van der Waals surface area contributed by atoms with Gasteiger partial charge in [-0.3, -0.25) is 4.79 Å². The second-order valence-electron chi connectivity index (χ2n) is 8.08. The summed E-state index contributed by atoms with van der Waals surface area (Å²) in [5.41, 5.74) is 0.0958. The van der Waals surface area contributed by atoms with E-state index in [0.717, 1.165) is 16.2 Å². The van der Waals surface area contributed by atoms with Gasteiger partial charge in [0.15, 0.2) is 0 Å². The number of halogens is 1. The van der Waals surface area contributed by atoms with Crippen molar-refractivity contribution in [1.29, 1.82) is 0 Å². The minimum Gasteiger partial charge on any atom is -0.444 e. The molecular weight excluding hydrogens is 472 g/mol. The summed E-state index contributed by atoms with van der Waals surface area (Å²) in [6.07, 6.45) is 0.0599. The number of nitrogens with zero attached hydrogens (tertiary/aromatic N) is 2.